The third-order valence-corrected chi connectivity index (χ3v) is 10.4. The van der Waals surface area contributed by atoms with Crippen LogP contribution in [0.4, 0.5) is 4.39 Å². The van der Waals surface area contributed by atoms with Gasteiger partial charge in [0.25, 0.3) is 0 Å². The summed E-state index contributed by atoms with van der Waals surface area (Å²) < 4.78 is 21.3. The van der Waals surface area contributed by atoms with Gasteiger partial charge in [-0.2, -0.15) is 0 Å². The van der Waals surface area contributed by atoms with Gasteiger partial charge in [0.2, 0.25) is 0 Å². The van der Waals surface area contributed by atoms with E-state index in [0.29, 0.717) is 30.8 Å². The molecular formula is C32H39FN2O. The lowest BCUT2D eigenvalue weighted by atomic mass is 9.74. The van der Waals surface area contributed by atoms with Crippen molar-refractivity contribution < 1.29 is 9.13 Å². The molecule has 2 unspecified atom stereocenters. The van der Waals surface area contributed by atoms with Gasteiger partial charge in [0.15, 0.2) is 0 Å². The van der Waals surface area contributed by atoms with Gasteiger partial charge in [-0.1, -0.05) is 31.2 Å². The number of nitrogens with zero attached hydrogens (tertiary/aromatic N) is 2. The molecule has 0 N–H and O–H groups in total. The highest BCUT2D eigenvalue weighted by atomic mass is 19.1. The van der Waals surface area contributed by atoms with E-state index in [1.807, 2.05) is 12.4 Å². The molecule has 0 amide bonds. The molecule has 3 nitrogen and oxygen atoms in total. The zero-order chi connectivity index (χ0) is 24.3. The molecule has 190 valence electrons. The molecule has 4 heteroatoms. The van der Waals surface area contributed by atoms with Crippen LogP contribution in [0.5, 0.6) is 0 Å². The first kappa shape index (κ1) is 23.1. The largest absolute Gasteiger partial charge is 0.359 e. The molecule has 1 aromatic carbocycles. The summed E-state index contributed by atoms with van der Waals surface area (Å²) in [5.41, 5.74) is 4.20. The Morgan fingerprint density at radius 2 is 2.00 bits per heavy atom. The maximum Gasteiger partial charge on any atom is 0.114 e. The first-order valence-electron chi connectivity index (χ1n) is 14.4. The molecule has 2 spiro atoms. The van der Waals surface area contributed by atoms with Gasteiger partial charge in [0, 0.05) is 36.9 Å². The number of allylic oxidation sites excluding steroid dienone is 1. The highest BCUT2D eigenvalue weighted by Gasteiger charge is 2.59. The van der Waals surface area contributed by atoms with E-state index in [0.717, 1.165) is 45.1 Å². The summed E-state index contributed by atoms with van der Waals surface area (Å²) in [5, 5.41) is 2.51. The van der Waals surface area contributed by atoms with Gasteiger partial charge in [0.1, 0.15) is 6.17 Å². The molecule has 36 heavy (non-hydrogen) atoms. The first-order chi connectivity index (χ1) is 17.5. The lowest BCUT2D eigenvalue weighted by molar-refractivity contribution is -0.116. The van der Waals surface area contributed by atoms with Crippen molar-refractivity contribution in [2.24, 2.45) is 5.92 Å². The predicted octanol–water partition coefficient (Wildman–Crippen LogP) is 7.28. The fourth-order valence-corrected chi connectivity index (χ4v) is 8.30. The van der Waals surface area contributed by atoms with Crippen molar-refractivity contribution in [3.05, 3.63) is 65.5 Å². The molecule has 2 bridgehead atoms. The van der Waals surface area contributed by atoms with E-state index in [-0.39, 0.29) is 11.2 Å². The molecule has 2 saturated heterocycles. The van der Waals surface area contributed by atoms with Crippen molar-refractivity contribution in [1.82, 2.24) is 9.88 Å². The van der Waals surface area contributed by atoms with Crippen molar-refractivity contribution in [3.8, 4) is 0 Å². The maximum absolute atomic E-state index is 14.0. The quantitative estimate of drug-likeness (QED) is 0.446. The van der Waals surface area contributed by atoms with Crippen molar-refractivity contribution in [3.63, 3.8) is 0 Å². The second-order valence-corrected chi connectivity index (χ2v) is 12.3. The number of hydrogen-bond donors (Lipinski definition) is 0. The van der Waals surface area contributed by atoms with Crippen LogP contribution in [-0.4, -0.2) is 46.4 Å². The number of fused-ring (bicyclic) bond motifs is 1. The summed E-state index contributed by atoms with van der Waals surface area (Å²) in [7, 11) is 0. The summed E-state index contributed by atoms with van der Waals surface area (Å²) in [6.45, 7) is 3.98. The summed E-state index contributed by atoms with van der Waals surface area (Å²) in [6, 6.07) is 9.54. The molecule has 5 aliphatic rings. The van der Waals surface area contributed by atoms with Crippen LogP contribution < -0.4 is 0 Å². The average Bonchev–Trinajstić information content (AvgIpc) is 3.49. The van der Waals surface area contributed by atoms with Gasteiger partial charge in [-0.05, 0) is 110 Å². The van der Waals surface area contributed by atoms with E-state index in [1.54, 1.807) is 0 Å². The van der Waals surface area contributed by atoms with Crippen LogP contribution in [0.2, 0.25) is 0 Å². The third kappa shape index (κ3) is 3.70. The minimum atomic E-state index is -0.641. The molecule has 7 rings (SSSR count). The fourth-order valence-electron chi connectivity index (χ4n) is 8.30. The van der Waals surface area contributed by atoms with Crippen molar-refractivity contribution in [2.45, 2.75) is 100 Å². The summed E-state index contributed by atoms with van der Waals surface area (Å²) in [6.07, 6.45) is 19.3. The lowest BCUT2D eigenvalue weighted by Gasteiger charge is -2.49. The topological polar surface area (TPSA) is 25.4 Å². The number of pyridine rings is 1. The molecule has 4 heterocycles. The Morgan fingerprint density at radius 3 is 2.89 bits per heavy atom. The summed E-state index contributed by atoms with van der Waals surface area (Å²) in [5.74, 6) is 1.06. The molecule has 2 aromatic rings. The first-order valence-corrected chi connectivity index (χ1v) is 14.4. The Bertz CT molecular complexity index is 1220. The summed E-state index contributed by atoms with van der Waals surface area (Å²) >= 11 is 0. The molecule has 1 aromatic heterocycles. The van der Waals surface area contributed by atoms with Crippen LogP contribution in [0, 0.1) is 5.92 Å². The molecule has 2 aliphatic carbocycles. The lowest BCUT2D eigenvalue weighted by Crippen LogP contribution is -2.51. The second-order valence-electron chi connectivity index (χ2n) is 12.3. The zero-order valence-corrected chi connectivity index (χ0v) is 21.6. The van der Waals surface area contributed by atoms with E-state index < -0.39 is 6.17 Å². The average molecular weight is 487 g/mol. The molecular weight excluding hydrogens is 447 g/mol. The van der Waals surface area contributed by atoms with Crippen LogP contribution in [0.3, 0.4) is 0 Å². The minimum absolute atomic E-state index is 0.109. The van der Waals surface area contributed by atoms with E-state index in [2.05, 4.69) is 53.2 Å². The second kappa shape index (κ2) is 8.77. The maximum atomic E-state index is 14.0. The minimum Gasteiger partial charge on any atom is -0.359 e. The number of ether oxygens (including phenoxy) is 1. The SMILES string of the molecule is C[C@H]1CCC(c2ccc3ccncc3c2)CC/C=C2/C=C3CC[C@@H](N4CCC(F)C4)C[C@]34CC[C@@]21O4. The number of hydrogen-bond acceptors (Lipinski definition) is 3. The molecule has 3 fully saturated rings. The van der Waals surface area contributed by atoms with E-state index in [1.165, 1.54) is 46.7 Å². The predicted molar refractivity (Wildman–Crippen MR) is 143 cm³/mol. The normalized spacial score (nSPS) is 40.4. The molecule has 1 saturated carbocycles. The third-order valence-electron chi connectivity index (χ3n) is 10.4. The van der Waals surface area contributed by atoms with Gasteiger partial charge in [-0.3, -0.25) is 9.88 Å². The van der Waals surface area contributed by atoms with Crippen LogP contribution >= 0.6 is 0 Å². The number of alkyl halides is 1. The van der Waals surface area contributed by atoms with E-state index in [4.69, 9.17) is 4.74 Å². The number of rotatable bonds is 2. The molecule has 3 aliphatic heterocycles. The highest BCUT2D eigenvalue weighted by Crippen LogP contribution is 2.59. The van der Waals surface area contributed by atoms with Crippen molar-refractivity contribution in [2.75, 3.05) is 13.1 Å². The van der Waals surface area contributed by atoms with Crippen LogP contribution in [-0.2, 0) is 4.74 Å². The van der Waals surface area contributed by atoms with E-state index >= 15 is 0 Å². The molecule has 0 radical (unpaired) electrons. The number of aromatic nitrogens is 1. The Labute approximate surface area is 214 Å². The fraction of sp³-hybridized carbons (Fsp3) is 0.594. The zero-order valence-electron chi connectivity index (χ0n) is 21.6. The van der Waals surface area contributed by atoms with Gasteiger partial charge < -0.3 is 4.74 Å². The van der Waals surface area contributed by atoms with Gasteiger partial charge in [-0.25, -0.2) is 4.39 Å². The Balaban J connectivity index is 1.15. The Morgan fingerprint density at radius 1 is 1.06 bits per heavy atom. The Kier molecular flexibility index (Phi) is 5.63. The van der Waals surface area contributed by atoms with Crippen molar-refractivity contribution in [1.29, 1.82) is 0 Å². The van der Waals surface area contributed by atoms with Gasteiger partial charge in [0.05, 0.1) is 11.2 Å². The standard InChI is InChI=1S/C32H39FN2O/c1-22-5-6-23(25-8-7-24-11-15-34-20-26(24)17-25)3-2-4-28-18-27-9-10-30(35-16-12-29(33)21-35)19-31(27)13-14-32(22,28)36-31/h4,7-8,11,15,17-18,20,22-23,29-30H,2-3,5-6,9-10,12-14,16,19,21H2,1H3/b28-4-/t22-,23?,29?,30+,31+,32-/m0/s1. The molecule has 6 atom stereocenters. The highest BCUT2D eigenvalue weighted by molar-refractivity contribution is 5.82. The van der Waals surface area contributed by atoms with Crippen LogP contribution in [0.25, 0.3) is 10.8 Å². The smallest absolute Gasteiger partial charge is 0.114 e. The number of halogens is 1. The van der Waals surface area contributed by atoms with Crippen LogP contribution in [0.15, 0.2) is 60.0 Å². The van der Waals surface area contributed by atoms with Gasteiger partial charge >= 0.3 is 0 Å². The Hall–Kier alpha value is -2.04. The monoisotopic (exact) mass is 486 g/mol. The van der Waals surface area contributed by atoms with Crippen molar-refractivity contribution >= 4 is 10.8 Å². The number of benzene rings is 1. The van der Waals surface area contributed by atoms with Crippen LogP contribution in [0.1, 0.15) is 82.6 Å². The summed E-state index contributed by atoms with van der Waals surface area (Å²) in [4.78, 5) is 6.77. The van der Waals surface area contributed by atoms with Gasteiger partial charge in [-0.15, -0.1) is 0 Å². The number of likely N-dealkylation sites (tertiary alicyclic amines) is 1. The van der Waals surface area contributed by atoms with E-state index in [9.17, 15) is 4.39 Å².